The lowest BCUT2D eigenvalue weighted by Gasteiger charge is -2.09. The van der Waals surface area contributed by atoms with Gasteiger partial charge in [0.1, 0.15) is 5.82 Å². The topological polar surface area (TPSA) is 26.0 Å². The molecule has 82 valence electrons. The molecular weight excluding hydrogens is 209 g/mol. The second kappa shape index (κ2) is 4.88. The summed E-state index contributed by atoms with van der Waals surface area (Å²) in [6.07, 6.45) is 5.41. The van der Waals surface area contributed by atoms with Gasteiger partial charge in [-0.3, -0.25) is 0 Å². The highest BCUT2D eigenvalue weighted by Crippen LogP contribution is 2.33. The molecule has 1 fully saturated rings. The van der Waals surface area contributed by atoms with Crippen molar-refractivity contribution >= 4 is 17.4 Å². The fourth-order valence-corrected chi connectivity index (χ4v) is 3.17. The van der Waals surface area contributed by atoms with Gasteiger partial charge >= 0.3 is 0 Å². The molecule has 0 saturated heterocycles. The highest BCUT2D eigenvalue weighted by molar-refractivity contribution is 7.99. The maximum atomic E-state index is 12.8. The molecule has 0 bridgehead atoms. The minimum Gasteiger partial charge on any atom is -0.398 e. The molecule has 15 heavy (non-hydrogen) atoms. The van der Waals surface area contributed by atoms with Crippen LogP contribution in [0.15, 0.2) is 23.1 Å². The van der Waals surface area contributed by atoms with Gasteiger partial charge in [0.15, 0.2) is 0 Å². The largest absolute Gasteiger partial charge is 0.398 e. The van der Waals surface area contributed by atoms with Gasteiger partial charge in [-0.25, -0.2) is 4.39 Å². The fourth-order valence-electron chi connectivity index (χ4n) is 2.04. The fraction of sp³-hybridized carbons (Fsp3) is 0.500. The van der Waals surface area contributed by atoms with E-state index in [1.807, 2.05) is 0 Å². The standard InChI is InChI=1S/C12H16FNS/c13-10-5-6-12(11(14)7-10)15-8-9-3-1-2-4-9/h5-7,9H,1-4,8,14H2. The first-order valence-corrected chi connectivity index (χ1v) is 6.42. The van der Waals surface area contributed by atoms with E-state index in [0.29, 0.717) is 5.69 Å². The Bertz CT molecular complexity index is 334. The van der Waals surface area contributed by atoms with E-state index in [-0.39, 0.29) is 5.82 Å². The maximum Gasteiger partial charge on any atom is 0.125 e. The molecule has 1 aliphatic rings. The number of halogens is 1. The Morgan fingerprint density at radius 3 is 2.73 bits per heavy atom. The Balaban J connectivity index is 1.92. The summed E-state index contributed by atoms with van der Waals surface area (Å²) in [5, 5.41) is 0. The van der Waals surface area contributed by atoms with Gasteiger partial charge in [-0.2, -0.15) is 0 Å². The van der Waals surface area contributed by atoms with Gasteiger partial charge in [-0.05, 0) is 37.0 Å². The number of thioether (sulfide) groups is 1. The molecule has 1 aromatic rings. The summed E-state index contributed by atoms with van der Waals surface area (Å²) in [6, 6.07) is 4.66. The lowest BCUT2D eigenvalue weighted by Crippen LogP contribution is -1.98. The third kappa shape index (κ3) is 2.88. The summed E-state index contributed by atoms with van der Waals surface area (Å²) in [5.41, 5.74) is 6.31. The van der Waals surface area contributed by atoms with Crippen LogP contribution in [0, 0.1) is 11.7 Å². The maximum absolute atomic E-state index is 12.8. The monoisotopic (exact) mass is 225 g/mol. The van der Waals surface area contributed by atoms with Crippen LogP contribution in [0.3, 0.4) is 0 Å². The van der Waals surface area contributed by atoms with Crippen molar-refractivity contribution in [1.82, 2.24) is 0 Å². The highest BCUT2D eigenvalue weighted by atomic mass is 32.2. The SMILES string of the molecule is Nc1cc(F)ccc1SCC1CCCC1. The molecule has 0 unspecified atom stereocenters. The van der Waals surface area contributed by atoms with Crippen molar-refractivity contribution in [3.8, 4) is 0 Å². The average molecular weight is 225 g/mol. The van der Waals surface area contributed by atoms with Crippen LogP contribution >= 0.6 is 11.8 Å². The number of hydrogen-bond donors (Lipinski definition) is 1. The van der Waals surface area contributed by atoms with Gasteiger partial charge in [0.2, 0.25) is 0 Å². The zero-order valence-corrected chi connectivity index (χ0v) is 9.52. The number of nitrogens with two attached hydrogens (primary N) is 1. The van der Waals surface area contributed by atoms with Gasteiger partial charge in [0.25, 0.3) is 0 Å². The minimum atomic E-state index is -0.252. The van der Waals surface area contributed by atoms with E-state index in [1.54, 1.807) is 17.8 Å². The molecule has 0 aromatic heterocycles. The summed E-state index contributed by atoms with van der Waals surface area (Å²) >= 11 is 1.76. The second-order valence-electron chi connectivity index (χ2n) is 4.14. The first kappa shape index (κ1) is 10.8. The number of rotatable bonds is 3. The Labute approximate surface area is 94.2 Å². The van der Waals surface area contributed by atoms with E-state index in [9.17, 15) is 4.39 Å². The Morgan fingerprint density at radius 2 is 2.07 bits per heavy atom. The zero-order chi connectivity index (χ0) is 10.7. The lowest BCUT2D eigenvalue weighted by atomic mass is 10.1. The number of hydrogen-bond acceptors (Lipinski definition) is 2. The predicted octanol–water partition coefficient (Wildman–Crippen LogP) is 3.69. The lowest BCUT2D eigenvalue weighted by molar-refractivity contribution is 0.622. The Morgan fingerprint density at radius 1 is 1.33 bits per heavy atom. The Hall–Kier alpha value is -0.700. The molecule has 1 aliphatic carbocycles. The molecular formula is C12H16FNS. The summed E-state index contributed by atoms with van der Waals surface area (Å²) < 4.78 is 12.8. The van der Waals surface area contributed by atoms with Gasteiger partial charge in [-0.15, -0.1) is 11.8 Å². The number of nitrogen functional groups attached to an aromatic ring is 1. The van der Waals surface area contributed by atoms with Gasteiger partial charge < -0.3 is 5.73 Å². The van der Waals surface area contributed by atoms with Crippen molar-refractivity contribution in [3.05, 3.63) is 24.0 Å². The summed E-state index contributed by atoms with van der Waals surface area (Å²) in [4.78, 5) is 1.02. The summed E-state index contributed by atoms with van der Waals surface area (Å²) in [7, 11) is 0. The molecule has 2 rings (SSSR count). The number of anilines is 1. The van der Waals surface area contributed by atoms with E-state index >= 15 is 0 Å². The van der Waals surface area contributed by atoms with Crippen LogP contribution in [0.2, 0.25) is 0 Å². The van der Waals surface area contributed by atoms with Crippen molar-refractivity contribution in [2.75, 3.05) is 11.5 Å². The molecule has 0 heterocycles. The molecule has 1 saturated carbocycles. The molecule has 0 spiro atoms. The van der Waals surface area contributed by atoms with E-state index in [2.05, 4.69) is 0 Å². The molecule has 0 aliphatic heterocycles. The molecule has 1 nitrogen and oxygen atoms in total. The van der Waals surface area contributed by atoms with Gasteiger partial charge in [0.05, 0.1) is 0 Å². The quantitative estimate of drug-likeness (QED) is 0.627. The van der Waals surface area contributed by atoms with E-state index < -0.39 is 0 Å². The normalized spacial score (nSPS) is 17.1. The van der Waals surface area contributed by atoms with Gasteiger partial charge in [-0.1, -0.05) is 12.8 Å². The highest BCUT2D eigenvalue weighted by Gasteiger charge is 2.15. The van der Waals surface area contributed by atoms with Crippen molar-refractivity contribution in [2.45, 2.75) is 30.6 Å². The molecule has 0 amide bonds. The van der Waals surface area contributed by atoms with Crippen LogP contribution in [0.4, 0.5) is 10.1 Å². The van der Waals surface area contributed by atoms with Crippen molar-refractivity contribution in [1.29, 1.82) is 0 Å². The van der Waals surface area contributed by atoms with E-state index in [1.165, 1.54) is 37.8 Å². The molecule has 3 heteroatoms. The summed E-state index contributed by atoms with van der Waals surface area (Å²) in [5.74, 6) is 1.70. The molecule has 1 aromatic carbocycles. The molecule has 2 N–H and O–H groups in total. The third-order valence-electron chi connectivity index (χ3n) is 2.92. The van der Waals surface area contributed by atoms with Crippen LogP contribution in [0.5, 0.6) is 0 Å². The van der Waals surface area contributed by atoms with Crippen molar-refractivity contribution < 1.29 is 4.39 Å². The zero-order valence-electron chi connectivity index (χ0n) is 8.71. The third-order valence-corrected chi connectivity index (χ3v) is 4.24. The molecule has 0 atom stereocenters. The van der Waals surface area contributed by atoms with Gasteiger partial charge in [0, 0.05) is 16.3 Å². The number of benzene rings is 1. The van der Waals surface area contributed by atoms with Crippen LogP contribution in [0.25, 0.3) is 0 Å². The van der Waals surface area contributed by atoms with Crippen LogP contribution < -0.4 is 5.73 Å². The smallest absolute Gasteiger partial charge is 0.125 e. The van der Waals surface area contributed by atoms with Crippen LogP contribution in [-0.2, 0) is 0 Å². The van der Waals surface area contributed by atoms with E-state index in [4.69, 9.17) is 5.73 Å². The predicted molar refractivity (Wildman–Crippen MR) is 63.5 cm³/mol. The van der Waals surface area contributed by atoms with Crippen LogP contribution in [-0.4, -0.2) is 5.75 Å². The average Bonchev–Trinajstić information content (AvgIpc) is 2.69. The minimum absolute atomic E-state index is 0.252. The molecule has 0 radical (unpaired) electrons. The second-order valence-corrected chi connectivity index (χ2v) is 5.21. The van der Waals surface area contributed by atoms with E-state index in [0.717, 1.165) is 16.6 Å². The first-order chi connectivity index (χ1) is 7.25. The van der Waals surface area contributed by atoms with Crippen molar-refractivity contribution in [2.24, 2.45) is 5.92 Å². The first-order valence-electron chi connectivity index (χ1n) is 5.43. The van der Waals surface area contributed by atoms with Crippen LogP contribution in [0.1, 0.15) is 25.7 Å². The van der Waals surface area contributed by atoms with Crippen molar-refractivity contribution in [3.63, 3.8) is 0 Å². The Kier molecular flexibility index (Phi) is 3.52. The summed E-state index contributed by atoms with van der Waals surface area (Å²) in [6.45, 7) is 0.